The zero-order valence-electron chi connectivity index (χ0n) is 12.5. The number of likely N-dealkylation sites (N-methyl/N-ethyl adjacent to an activating group) is 1. The van der Waals surface area contributed by atoms with Crippen LogP contribution in [0.15, 0.2) is 22.8 Å². The minimum atomic E-state index is 0.154. The van der Waals surface area contributed by atoms with Gasteiger partial charge in [0.2, 0.25) is 5.91 Å². The van der Waals surface area contributed by atoms with Crippen LogP contribution in [-0.4, -0.2) is 55.0 Å². The number of hydrogen-bond donors (Lipinski definition) is 1. The van der Waals surface area contributed by atoms with E-state index in [4.69, 9.17) is 4.42 Å². The highest BCUT2D eigenvalue weighted by atomic mass is 16.3. The Labute approximate surface area is 120 Å². The Morgan fingerprint density at radius 2 is 2.40 bits per heavy atom. The number of amides is 1. The lowest BCUT2D eigenvalue weighted by molar-refractivity contribution is -0.132. The second-order valence-electron chi connectivity index (χ2n) is 5.45. The van der Waals surface area contributed by atoms with Gasteiger partial charge in [0.1, 0.15) is 5.76 Å². The Morgan fingerprint density at radius 3 is 3.00 bits per heavy atom. The lowest BCUT2D eigenvalue weighted by Crippen LogP contribution is -2.44. The second kappa shape index (κ2) is 7.45. The Kier molecular flexibility index (Phi) is 5.61. The molecule has 1 unspecified atom stereocenters. The molecule has 2 heterocycles. The third kappa shape index (κ3) is 4.08. The van der Waals surface area contributed by atoms with Crippen molar-refractivity contribution in [3.05, 3.63) is 24.2 Å². The number of carbonyl (C=O) groups excluding carboxylic acids is 1. The summed E-state index contributed by atoms with van der Waals surface area (Å²) in [6.07, 6.45) is 3.85. The number of furan rings is 1. The van der Waals surface area contributed by atoms with Crippen LogP contribution >= 0.6 is 0 Å². The Bertz CT molecular complexity index is 399. The molecular weight excluding hydrogens is 254 g/mol. The number of nitrogens with zero attached hydrogens (tertiary/aromatic N) is 2. The maximum absolute atomic E-state index is 12.3. The zero-order chi connectivity index (χ0) is 14.4. The van der Waals surface area contributed by atoms with Gasteiger partial charge in [-0.15, -0.1) is 0 Å². The van der Waals surface area contributed by atoms with Crippen LogP contribution in [0.25, 0.3) is 0 Å². The van der Waals surface area contributed by atoms with Gasteiger partial charge in [-0.3, -0.25) is 9.69 Å². The van der Waals surface area contributed by atoms with Crippen molar-refractivity contribution in [1.29, 1.82) is 0 Å². The quantitative estimate of drug-likeness (QED) is 0.817. The van der Waals surface area contributed by atoms with Crippen molar-refractivity contribution in [3.8, 4) is 0 Å². The molecule has 1 aliphatic rings. The third-order valence-electron chi connectivity index (χ3n) is 3.80. The van der Waals surface area contributed by atoms with Gasteiger partial charge in [0.05, 0.1) is 19.4 Å². The fourth-order valence-electron chi connectivity index (χ4n) is 2.65. The molecule has 1 N–H and O–H groups in total. The topological polar surface area (TPSA) is 48.7 Å². The molecule has 20 heavy (non-hydrogen) atoms. The van der Waals surface area contributed by atoms with Crippen LogP contribution in [0.5, 0.6) is 0 Å². The van der Waals surface area contributed by atoms with Gasteiger partial charge in [0.15, 0.2) is 0 Å². The minimum Gasteiger partial charge on any atom is -0.467 e. The lowest BCUT2D eigenvalue weighted by Gasteiger charge is -2.29. The van der Waals surface area contributed by atoms with E-state index in [1.54, 1.807) is 11.2 Å². The van der Waals surface area contributed by atoms with Crippen molar-refractivity contribution in [2.45, 2.75) is 32.4 Å². The predicted octanol–water partition coefficient (Wildman–Crippen LogP) is 1.31. The highest BCUT2D eigenvalue weighted by Crippen LogP contribution is 2.10. The molecule has 5 heteroatoms. The Hall–Kier alpha value is -1.33. The molecule has 1 aromatic heterocycles. The average molecular weight is 279 g/mol. The molecule has 1 amide bonds. The molecule has 2 rings (SSSR count). The summed E-state index contributed by atoms with van der Waals surface area (Å²) in [5, 5.41) is 3.37. The fraction of sp³-hybridized carbons (Fsp3) is 0.667. The highest BCUT2D eigenvalue weighted by Gasteiger charge is 2.24. The normalized spacial score (nSPS) is 18.6. The number of hydrogen-bond acceptors (Lipinski definition) is 4. The molecule has 0 bridgehead atoms. The van der Waals surface area contributed by atoms with Crippen molar-refractivity contribution in [3.63, 3.8) is 0 Å². The summed E-state index contributed by atoms with van der Waals surface area (Å²) in [4.78, 5) is 16.4. The van der Waals surface area contributed by atoms with Gasteiger partial charge >= 0.3 is 0 Å². The van der Waals surface area contributed by atoms with Gasteiger partial charge in [0.25, 0.3) is 0 Å². The molecule has 0 radical (unpaired) electrons. The maximum atomic E-state index is 12.3. The maximum Gasteiger partial charge on any atom is 0.236 e. The molecular formula is C15H25N3O2. The zero-order valence-corrected chi connectivity index (χ0v) is 12.5. The predicted molar refractivity (Wildman–Crippen MR) is 78.3 cm³/mol. The van der Waals surface area contributed by atoms with Gasteiger partial charge in [-0.25, -0.2) is 0 Å². The number of rotatable bonds is 7. The standard InChI is InChI=1S/C15H25N3O2/c1-3-8-18(13-6-7-16-10-13)12-15(19)17(2)11-14-5-4-9-20-14/h4-5,9,13,16H,3,6-8,10-12H2,1-2H3. The van der Waals surface area contributed by atoms with E-state index in [1.807, 2.05) is 19.2 Å². The summed E-state index contributed by atoms with van der Waals surface area (Å²) in [6, 6.07) is 4.24. The smallest absolute Gasteiger partial charge is 0.236 e. The van der Waals surface area contributed by atoms with Gasteiger partial charge < -0.3 is 14.6 Å². The van der Waals surface area contributed by atoms with E-state index >= 15 is 0 Å². The first-order chi connectivity index (χ1) is 9.70. The van der Waals surface area contributed by atoms with Crippen LogP contribution in [0, 0.1) is 0 Å². The van der Waals surface area contributed by atoms with Gasteiger partial charge in [0, 0.05) is 19.6 Å². The Morgan fingerprint density at radius 1 is 1.55 bits per heavy atom. The van der Waals surface area contributed by atoms with Crippen LogP contribution in [0.4, 0.5) is 0 Å². The van der Waals surface area contributed by atoms with E-state index < -0.39 is 0 Å². The van der Waals surface area contributed by atoms with E-state index in [1.165, 1.54) is 0 Å². The number of carbonyl (C=O) groups is 1. The lowest BCUT2D eigenvalue weighted by atomic mass is 10.2. The van der Waals surface area contributed by atoms with Gasteiger partial charge in [-0.2, -0.15) is 0 Å². The van der Waals surface area contributed by atoms with Gasteiger partial charge in [-0.1, -0.05) is 6.92 Å². The summed E-state index contributed by atoms with van der Waals surface area (Å²) in [5.74, 6) is 0.979. The SMILES string of the molecule is CCCN(CC(=O)N(C)Cc1ccco1)C1CCNC1. The first kappa shape index (κ1) is 15.1. The summed E-state index contributed by atoms with van der Waals surface area (Å²) in [6.45, 7) is 6.22. The minimum absolute atomic E-state index is 0.154. The molecule has 1 aromatic rings. The molecule has 1 atom stereocenters. The van der Waals surface area contributed by atoms with Crippen molar-refractivity contribution in [1.82, 2.24) is 15.1 Å². The van der Waals surface area contributed by atoms with Gasteiger partial charge in [-0.05, 0) is 38.1 Å². The van der Waals surface area contributed by atoms with Crippen LogP contribution in [-0.2, 0) is 11.3 Å². The molecule has 1 aliphatic heterocycles. The van der Waals surface area contributed by atoms with Crippen molar-refractivity contribution < 1.29 is 9.21 Å². The van der Waals surface area contributed by atoms with E-state index in [2.05, 4.69) is 17.1 Å². The van der Waals surface area contributed by atoms with E-state index in [9.17, 15) is 4.79 Å². The fourth-order valence-corrected chi connectivity index (χ4v) is 2.65. The van der Waals surface area contributed by atoms with E-state index in [0.717, 1.165) is 38.2 Å². The average Bonchev–Trinajstić information content (AvgIpc) is 3.11. The molecule has 0 spiro atoms. The molecule has 1 fully saturated rings. The van der Waals surface area contributed by atoms with Crippen molar-refractivity contribution >= 4 is 5.91 Å². The molecule has 0 aromatic carbocycles. The molecule has 112 valence electrons. The summed E-state index contributed by atoms with van der Waals surface area (Å²) in [7, 11) is 1.84. The van der Waals surface area contributed by atoms with Crippen molar-refractivity contribution in [2.24, 2.45) is 0 Å². The summed E-state index contributed by atoms with van der Waals surface area (Å²) < 4.78 is 5.29. The monoisotopic (exact) mass is 279 g/mol. The first-order valence-electron chi connectivity index (χ1n) is 7.41. The molecule has 0 saturated carbocycles. The molecule has 5 nitrogen and oxygen atoms in total. The van der Waals surface area contributed by atoms with Crippen LogP contribution in [0.1, 0.15) is 25.5 Å². The largest absolute Gasteiger partial charge is 0.467 e. The summed E-state index contributed by atoms with van der Waals surface area (Å²) >= 11 is 0. The highest BCUT2D eigenvalue weighted by molar-refractivity contribution is 5.78. The molecule has 0 aliphatic carbocycles. The molecule has 1 saturated heterocycles. The van der Waals surface area contributed by atoms with Crippen molar-refractivity contribution in [2.75, 3.05) is 33.2 Å². The van der Waals surface area contributed by atoms with E-state index in [0.29, 0.717) is 19.1 Å². The summed E-state index contributed by atoms with van der Waals surface area (Å²) in [5.41, 5.74) is 0. The third-order valence-corrected chi connectivity index (χ3v) is 3.80. The van der Waals surface area contributed by atoms with Crippen LogP contribution in [0.3, 0.4) is 0 Å². The Balaban J connectivity index is 1.86. The second-order valence-corrected chi connectivity index (χ2v) is 5.45. The van der Waals surface area contributed by atoms with E-state index in [-0.39, 0.29) is 5.91 Å². The van der Waals surface area contributed by atoms with Crippen LogP contribution < -0.4 is 5.32 Å². The first-order valence-corrected chi connectivity index (χ1v) is 7.41. The van der Waals surface area contributed by atoms with Crippen LogP contribution in [0.2, 0.25) is 0 Å². The number of nitrogens with one attached hydrogen (secondary N) is 1.